The zero-order valence-corrected chi connectivity index (χ0v) is 11.6. The first-order valence-electron chi connectivity index (χ1n) is 5.21. The van der Waals surface area contributed by atoms with Crippen LogP contribution in [0.4, 0.5) is 4.39 Å². The lowest BCUT2D eigenvalue weighted by Crippen LogP contribution is -2.00. The molecule has 2 N–H and O–H groups in total. The van der Waals surface area contributed by atoms with Crippen LogP contribution in [0.5, 0.6) is 11.5 Å². The fourth-order valence-corrected chi connectivity index (χ4v) is 1.96. The molecule has 2 nitrogen and oxygen atoms in total. The van der Waals surface area contributed by atoms with Gasteiger partial charge in [-0.15, -0.1) is 0 Å². The van der Waals surface area contributed by atoms with E-state index in [4.69, 9.17) is 22.1 Å². The molecule has 0 heterocycles. The van der Waals surface area contributed by atoms with E-state index >= 15 is 0 Å². The second-order valence-electron chi connectivity index (χ2n) is 3.63. The molecular weight excluding hydrogens is 321 g/mol. The molecule has 2 aromatic rings. The molecule has 2 aromatic carbocycles. The molecule has 2 rings (SSSR count). The minimum Gasteiger partial charge on any atom is -0.454 e. The van der Waals surface area contributed by atoms with Gasteiger partial charge < -0.3 is 10.5 Å². The summed E-state index contributed by atoms with van der Waals surface area (Å²) in [5.41, 5.74) is 6.36. The van der Waals surface area contributed by atoms with Gasteiger partial charge in [-0.2, -0.15) is 0 Å². The van der Waals surface area contributed by atoms with Crippen molar-refractivity contribution in [2.45, 2.75) is 6.54 Å². The van der Waals surface area contributed by atoms with Crippen LogP contribution in [0, 0.1) is 5.82 Å². The van der Waals surface area contributed by atoms with Crippen molar-refractivity contribution in [2.24, 2.45) is 5.73 Å². The van der Waals surface area contributed by atoms with E-state index in [0.29, 0.717) is 21.8 Å². The summed E-state index contributed by atoms with van der Waals surface area (Å²) in [6.07, 6.45) is 0. The van der Waals surface area contributed by atoms with Crippen molar-refractivity contribution >= 4 is 27.5 Å². The second kappa shape index (κ2) is 5.69. The van der Waals surface area contributed by atoms with Crippen LogP contribution in [0.3, 0.4) is 0 Å². The number of benzene rings is 2. The normalized spacial score (nSPS) is 10.4. The van der Waals surface area contributed by atoms with Gasteiger partial charge in [-0.05, 0) is 30.3 Å². The van der Waals surface area contributed by atoms with E-state index in [1.807, 2.05) is 0 Å². The molecule has 94 valence electrons. The summed E-state index contributed by atoms with van der Waals surface area (Å²) in [5.74, 6) is 0.147. The summed E-state index contributed by atoms with van der Waals surface area (Å²) in [5, 5.41) is 0.514. The van der Waals surface area contributed by atoms with Crippen molar-refractivity contribution in [3.63, 3.8) is 0 Å². The minimum absolute atomic E-state index is 0.134. The standard InChI is InChI=1S/C13H10BrClFNO/c14-9-2-4-12(11(16)5-9)18-13-6-10(15)3-1-8(13)7-17/h1-6H,7,17H2. The van der Waals surface area contributed by atoms with E-state index in [-0.39, 0.29) is 5.75 Å². The number of hydrogen-bond acceptors (Lipinski definition) is 2. The molecule has 18 heavy (non-hydrogen) atoms. The van der Waals surface area contributed by atoms with E-state index in [0.717, 1.165) is 5.56 Å². The van der Waals surface area contributed by atoms with Gasteiger partial charge in [0.15, 0.2) is 11.6 Å². The zero-order chi connectivity index (χ0) is 13.1. The van der Waals surface area contributed by atoms with Gasteiger partial charge in [-0.25, -0.2) is 4.39 Å². The Hall–Kier alpha value is -1.10. The Morgan fingerprint density at radius 2 is 1.94 bits per heavy atom. The van der Waals surface area contributed by atoms with Crippen LogP contribution >= 0.6 is 27.5 Å². The van der Waals surface area contributed by atoms with Crippen molar-refractivity contribution in [2.75, 3.05) is 0 Å². The molecule has 0 saturated carbocycles. The molecule has 0 aliphatic rings. The lowest BCUT2D eigenvalue weighted by Gasteiger charge is -2.11. The molecular formula is C13H10BrClFNO. The predicted octanol–water partition coefficient (Wildman–Crippen LogP) is 4.49. The number of hydrogen-bond donors (Lipinski definition) is 1. The SMILES string of the molecule is NCc1ccc(Cl)cc1Oc1ccc(Br)cc1F. The number of ether oxygens (including phenoxy) is 1. The molecule has 5 heteroatoms. The van der Waals surface area contributed by atoms with Gasteiger partial charge in [0.05, 0.1) is 0 Å². The van der Waals surface area contributed by atoms with Gasteiger partial charge in [-0.3, -0.25) is 0 Å². The van der Waals surface area contributed by atoms with Crippen LogP contribution in [-0.2, 0) is 6.54 Å². The van der Waals surface area contributed by atoms with Gasteiger partial charge in [0.2, 0.25) is 0 Å². The highest BCUT2D eigenvalue weighted by Gasteiger charge is 2.09. The fraction of sp³-hybridized carbons (Fsp3) is 0.0769. The van der Waals surface area contributed by atoms with Crippen molar-refractivity contribution in [1.29, 1.82) is 0 Å². The predicted molar refractivity (Wildman–Crippen MR) is 73.5 cm³/mol. The monoisotopic (exact) mass is 329 g/mol. The molecule has 0 amide bonds. The molecule has 0 radical (unpaired) electrons. The van der Waals surface area contributed by atoms with Gasteiger partial charge in [0.25, 0.3) is 0 Å². The van der Waals surface area contributed by atoms with Gasteiger partial charge in [0, 0.05) is 21.6 Å². The lowest BCUT2D eigenvalue weighted by atomic mass is 10.2. The molecule has 0 aliphatic heterocycles. The van der Waals surface area contributed by atoms with Crippen molar-refractivity contribution in [1.82, 2.24) is 0 Å². The molecule has 0 unspecified atom stereocenters. The Labute approximate surface area is 118 Å². The molecule has 0 fully saturated rings. The maximum absolute atomic E-state index is 13.7. The van der Waals surface area contributed by atoms with Crippen molar-refractivity contribution in [3.8, 4) is 11.5 Å². The average molecular weight is 331 g/mol. The molecule has 0 aliphatic carbocycles. The number of rotatable bonds is 3. The van der Waals surface area contributed by atoms with Crippen molar-refractivity contribution in [3.05, 3.63) is 57.3 Å². The summed E-state index contributed by atoms with van der Waals surface area (Å²) in [4.78, 5) is 0. The van der Waals surface area contributed by atoms with Crippen LogP contribution in [0.1, 0.15) is 5.56 Å². The van der Waals surface area contributed by atoms with E-state index in [2.05, 4.69) is 15.9 Å². The zero-order valence-electron chi connectivity index (χ0n) is 9.29. The molecule has 0 atom stereocenters. The average Bonchev–Trinajstić information content (AvgIpc) is 2.33. The highest BCUT2D eigenvalue weighted by Crippen LogP contribution is 2.30. The highest BCUT2D eigenvalue weighted by atomic mass is 79.9. The Kier molecular flexibility index (Phi) is 4.22. The topological polar surface area (TPSA) is 35.2 Å². The highest BCUT2D eigenvalue weighted by molar-refractivity contribution is 9.10. The maximum atomic E-state index is 13.7. The van der Waals surface area contributed by atoms with Crippen molar-refractivity contribution < 1.29 is 9.13 Å². The maximum Gasteiger partial charge on any atom is 0.166 e. The number of nitrogens with two attached hydrogens (primary N) is 1. The largest absolute Gasteiger partial charge is 0.454 e. The van der Waals surface area contributed by atoms with Crippen LogP contribution in [-0.4, -0.2) is 0 Å². The Balaban J connectivity index is 2.36. The number of halogens is 3. The lowest BCUT2D eigenvalue weighted by molar-refractivity contribution is 0.437. The minimum atomic E-state index is -0.452. The third-order valence-corrected chi connectivity index (χ3v) is 3.09. The molecule has 0 bridgehead atoms. The van der Waals surface area contributed by atoms with E-state index in [9.17, 15) is 4.39 Å². The third-order valence-electron chi connectivity index (χ3n) is 2.36. The fourth-order valence-electron chi connectivity index (χ4n) is 1.47. The smallest absolute Gasteiger partial charge is 0.166 e. The Bertz CT molecular complexity index is 577. The summed E-state index contributed by atoms with van der Waals surface area (Å²) in [6.45, 7) is 0.296. The Morgan fingerprint density at radius 3 is 2.61 bits per heavy atom. The van der Waals surface area contributed by atoms with Gasteiger partial charge in [0.1, 0.15) is 5.75 Å². The first kappa shape index (κ1) is 13.3. The third kappa shape index (κ3) is 3.02. The first-order chi connectivity index (χ1) is 8.60. The summed E-state index contributed by atoms with van der Waals surface area (Å²) >= 11 is 9.07. The quantitative estimate of drug-likeness (QED) is 0.899. The van der Waals surface area contributed by atoms with Gasteiger partial charge in [-0.1, -0.05) is 33.6 Å². The summed E-state index contributed by atoms with van der Waals surface area (Å²) in [6, 6.07) is 9.67. The van der Waals surface area contributed by atoms with Crippen LogP contribution < -0.4 is 10.5 Å². The van der Waals surface area contributed by atoms with Crippen LogP contribution in [0.25, 0.3) is 0 Å². The van der Waals surface area contributed by atoms with E-state index in [1.54, 1.807) is 30.3 Å². The molecule has 0 aromatic heterocycles. The summed E-state index contributed by atoms with van der Waals surface area (Å²) < 4.78 is 19.8. The van der Waals surface area contributed by atoms with E-state index in [1.165, 1.54) is 6.07 Å². The summed E-state index contributed by atoms with van der Waals surface area (Å²) in [7, 11) is 0. The second-order valence-corrected chi connectivity index (χ2v) is 4.99. The van der Waals surface area contributed by atoms with Crippen LogP contribution in [0.15, 0.2) is 40.9 Å². The Morgan fingerprint density at radius 1 is 1.17 bits per heavy atom. The first-order valence-corrected chi connectivity index (χ1v) is 6.38. The van der Waals surface area contributed by atoms with Crippen LogP contribution in [0.2, 0.25) is 5.02 Å². The van der Waals surface area contributed by atoms with Gasteiger partial charge >= 0.3 is 0 Å². The van der Waals surface area contributed by atoms with E-state index < -0.39 is 5.82 Å². The molecule has 0 saturated heterocycles. The molecule has 0 spiro atoms.